The zero-order valence-corrected chi connectivity index (χ0v) is 12.8. The normalized spacial score (nSPS) is 14.5. The van der Waals surface area contributed by atoms with Crippen LogP contribution in [0.1, 0.15) is 25.7 Å². The predicted octanol–water partition coefficient (Wildman–Crippen LogP) is -3.32. The molecular formula is C8H12I2Pt. The van der Waals surface area contributed by atoms with Crippen molar-refractivity contribution < 1.29 is 69.0 Å². The number of hydrogen-bond donors (Lipinski definition) is 0. The van der Waals surface area contributed by atoms with Crippen LogP contribution in [-0.4, -0.2) is 0 Å². The second kappa shape index (κ2) is 14.2. The molecule has 0 aliphatic heterocycles. The van der Waals surface area contributed by atoms with Crippen molar-refractivity contribution in [1.29, 1.82) is 0 Å². The van der Waals surface area contributed by atoms with Gasteiger partial charge in [-0.2, -0.15) is 0 Å². The Kier molecular flexibility index (Phi) is 23.7. The summed E-state index contributed by atoms with van der Waals surface area (Å²) in [6, 6.07) is 0. The minimum atomic E-state index is 0. The standard InChI is InChI=1S/C8H12.2HI.Pt/c1-2-4-6-8-7-5-3-1;;;/h1-2,7-8H,3-6H2;2*1H;/q;;;+2/p-2. The molecule has 0 aromatic rings. The number of hydrogen-bond acceptors (Lipinski definition) is 0. The zero-order chi connectivity index (χ0) is 5.66. The third-order valence-corrected chi connectivity index (χ3v) is 1.33. The van der Waals surface area contributed by atoms with Gasteiger partial charge in [0, 0.05) is 0 Å². The zero-order valence-electron chi connectivity index (χ0n) is 6.21. The Balaban J connectivity index is -0.000000213. The van der Waals surface area contributed by atoms with Crippen molar-refractivity contribution in [3.8, 4) is 0 Å². The van der Waals surface area contributed by atoms with Crippen molar-refractivity contribution >= 4 is 0 Å². The Morgan fingerprint density at radius 1 is 0.545 bits per heavy atom. The fourth-order valence-electron chi connectivity index (χ4n) is 0.856. The quantitative estimate of drug-likeness (QED) is 0.217. The van der Waals surface area contributed by atoms with Gasteiger partial charge in [-0.25, -0.2) is 0 Å². The fraction of sp³-hybridized carbons (Fsp3) is 0.500. The van der Waals surface area contributed by atoms with Gasteiger partial charge in [-0.05, 0) is 25.7 Å². The topological polar surface area (TPSA) is 0 Å². The van der Waals surface area contributed by atoms with Crippen LogP contribution in [0.4, 0.5) is 0 Å². The van der Waals surface area contributed by atoms with Crippen LogP contribution in [-0.2, 0) is 21.1 Å². The van der Waals surface area contributed by atoms with Crippen molar-refractivity contribution in [3.63, 3.8) is 0 Å². The number of rotatable bonds is 0. The van der Waals surface area contributed by atoms with Gasteiger partial charge in [-0.1, -0.05) is 24.3 Å². The monoisotopic (exact) mass is 557 g/mol. The second-order valence-electron chi connectivity index (χ2n) is 2.10. The SMILES string of the molecule is C1=CCCC=CCC1.[I-].[I-].[Pt+2]. The van der Waals surface area contributed by atoms with E-state index in [4.69, 9.17) is 0 Å². The summed E-state index contributed by atoms with van der Waals surface area (Å²) in [6.07, 6.45) is 14.0. The number of halogens is 2. The summed E-state index contributed by atoms with van der Waals surface area (Å²) < 4.78 is 0. The van der Waals surface area contributed by atoms with Gasteiger partial charge in [0.25, 0.3) is 0 Å². The summed E-state index contributed by atoms with van der Waals surface area (Å²) >= 11 is 0. The van der Waals surface area contributed by atoms with Crippen LogP contribution >= 0.6 is 0 Å². The minimum absolute atomic E-state index is 0. The average Bonchev–Trinajstić information content (AvgIpc) is 1.62. The molecule has 0 spiro atoms. The van der Waals surface area contributed by atoms with Crippen molar-refractivity contribution in [2.45, 2.75) is 25.7 Å². The van der Waals surface area contributed by atoms with Gasteiger partial charge in [0.05, 0.1) is 0 Å². The van der Waals surface area contributed by atoms with Crippen LogP contribution < -0.4 is 48.0 Å². The molecule has 0 atom stereocenters. The molecule has 0 unspecified atom stereocenters. The molecule has 1 aliphatic carbocycles. The van der Waals surface area contributed by atoms with Crippen LogP contribution in [0.3, 0.4) is 0 Å². The summed E-state index contributed by atoms with van der Waals surface area (Å²) in [7, 11) is 0. The summed E-state index contributed by atoms with van der Waals surface area (Å²) in [5, 5.41) is 0. The average molecular weight is 557 g/mol. The first-order chi connectivity index (χ1) is 4.00. The smallest absolute Gasteiger partial charge is 1.00 e. The molecule has 0 bridgehead atoms. The van der Waals surface area contributed by atoms with E-state index in [0.29, 0.717) is 0 Å². The van der Waals surface area contributed by atoms with Crippen molar-refractivity contribution in [1.82, 2.24) is 0 Å². The van der Waals surface area contributed by atoms with E-state index in [1.165, 1.54) is 25.7 Å². The Hall–Kier alpha value is 1.63. The molecule has 11 heavy (non-hydrogen) atoms. The summed E-state index contributed by atoms with van der Waals surface area (Å²) in [5.74, 6) is 0. The van der Waals surface area contributed by atoms with Gasteiger partial charge in [0.15, 0.2) is 0 Å². The molecule has 0 aromatic carbocycles. The van der Waals surface area contributed by atoms with E-state index < -0.39 is 0 Å². The second-order valence-corrected chi connectivity index (χ2v) is 2.10. The minimum Gasteiger partial charge on any atom is -1.00 e. The van der Waals surface area contributed by atoms with Gasteiger partial charge in [-0.3, -0.25) is 0 Å². The molecule has 0 nitrogen and oxygen atoms in total. The predicted molar refractivity (Wildman–Crippen MR) is 36.7 cm³/mol. The molecule has 0 heterocycles. The van der Waals surface area contributed by atoms with Gasteiger partial charge < -0.3 is 48.0 Å². The van der Waals surface area contributed by atoms with Crippen LogP contribution in [0.25, 0.3) is 0 Å². The summed E-state index contributed by atoms with van der Waals surface area (Å²) in [5.41, 5.74) is 0. The van der Waals surface area contributed by atoms with Crippen LogP contribution in [0.2, 0.25) is 0 Å². The molecule has 0 radical (unpaired) electrons. The molecule has 68 valence electrons. The molecule has 1 aliphatic rings. The van der Waals surface area contributed by atoms with Crippen molar-refractivity contribution in [2.24, 2.45) is 0 Å². The van der Waals surface area contributed by atoms with E-state index >= 15 is 0 Å². The van der Waals surface area contributed by atoms with E-state index in [1.54, 1.807) is 0 Å². The van der Waals surface area contributed by atoms with Gasteiger partial charge in [0.1, 0.15) is 0 Å². The van der Waals surface area contributed by atoms with Crippen molar-refractivity contribution in [2.75, 3.05) is 0 Å². The Labute approximate surface area is 118 Å². The maximum absolute atomic E-state index is 2.27. The van der Waals surface area contributed by atoms with Crippen LogP contribution in [0.15, 0.2) is 24.3 Å². The van der Waals surface area contributed by atoms with Crippen molar-refractivity contribution in [3.05, 3.63) is 24.3 Å². The molecule has 0 saturated heterocycles. The Morgan fingerprint density at radius 3 is 0.909 bits per heavy atom. The first kappa shape index (κ1) is 18.4. The molecule has 3 heteroatoms. The molecule has 0 fully saturated rings. The molecule has 0 N–H and O–H groups in total. The summed E-state index contributed by atoms with van der Waals surface area (Å²) in [4.78, 5) is 0. The fourth-order valence-corrected chi connectivity index (χ4v) is 0.856. The molecule has 0 saturated carbocycles. The van der Waals surface area contributed by atoms with E-state index in [2.05, 4.69) is 24.3 Å². The molecule has 1 rings (SSSR count). The van der Waals surface area contributed by atoms with Crippen LogP contribution in [0, 0.1) is 0 Å². The van der Waals surface area contributed by atoms with Gasteiger partial charge >= 0.3 is 21.1 Å². The molecular weight excluding hydrogens is 545 g/mol. The van der Waals surface area contributed by atoms with E-state index in [9.17, 15) is 0 Å². The number of allylic oxidation sites excluding steroid dienone is 4. The Bertz CT molecular complexity index is 84.7. The third-order valence-electron chi connectivity index (χ3n) is 1.33. The third kappa shape index (κ3) is 11.6. The van der Waals surface area contributed by atoms with E-state index in [0.717, 1.165) is 0 Å². The largest absolute Gasteiger partial charge is 2.00 e. The maximum Gasteiger partial charge on any atom is 2.00 e. The van der Waals surface area contributed by atoms with Crippen LogP contribution in [0.5, 0.6) is 0 Å². The van der Waals surface area contributed by atoms with E-state index in [-0.39, 0.29) is 69.0 Å². The molecule has 0 aromatic heterocycles. The van der Waals surface area contributed by atoms with Gasteiger partial charge in [-0.15, -0.1) is 0 Å². The first-order valence-corrected chi connectivity index (χ1v) is 3.30. The first-order valence-electron chi connectivity index (χ1n) is 3.30. The van der Waals surface area contributed by atoms with E-state index in [1.807, 2.05) is 0 Å². The Morgan fingerprint density at radius 2 is 0.727 bits per heavy atom. The molecule has 0 amide bonds. The summed E-state index contributed by atoms with van der Waals surface area (Å²) in [6.45, 7) is 0. The maximum atomic E-state index is 2.27. The van der Waals surface area contributed by atoms with Gasteiger partial charge in [0.2, 0.25) is 0 Å².